The Balaban J connectivity index is 2.78. The van der Waals surface area contributed by atoms with Crippen LogP contribution in [0.25, 0.3) is 0 Å². The smallest absolute Gasteiger partial charge is 0.303 e. The van der Waals surface area contributed by atoms with Gasteiger partial charge in [0.1, 0.15) is 6.61 Å². The van der Waals surface area contributed by atoms with Crippen LogP contribution in [0.4, 0.5) is 0 Å². The summed E-state index contributed by atoms with van der Waals surface area (Å²) < 4.78 is 0. The van der Waals surface area contributed by atoms with Crippen LogP contribution in [-0.2, 0) is 34.2 Å². The summed E-state index contributed by atoms with van der Waals surface area (Å²) in [6, 6.07) is 5.25. The number of carboxylic acid groups (broad SMARTS) is 1. The summed E-state index contributed by atoms with van der Waals surface area (Å²) in [4.78, 5) is 27.7. The highest BCUT2D eigenvalue weighted by molar-refractivity contribution is 5.82. The average molecular weight is 367 g/mol. The molecule has 4 N–H and O–H groups in total. The number of aliphatic carboxylic acids is 1. The molecular weight excluding hydrogens is 338 g/mol. The van der Waals surface area contributed by atoms with Crippen LogP contribution in [0.1, 0.15) is 57.2 Å². The first kappa shape index (κ1) is 22.1. The van der Waals surface area contributed by atoms with Gasteiger partial charge >= 0.3 is 5.97 Å². The number of carbonyl (C=O) groups excluding carboxylic acids is 1. The predicted molar refractivity (Wildman–Crippen MR) is 96.1 cm³/mol. The molecule has 0 radical (unpaired) electrons. The fourth-order valence-electron chi connectivity index (χ4n) is 3.36. The first-order valence-electron chi connectivity index (χ1n) is 8.48. The van der Waals surface area contributed by atoms with Crippen molar-refractivity contribution in [3.63, 3.8) is 0 Å². The number of nitrogens with one attached hydrogen (secondary N) is 1. The fourth-order valence-corrected chi connectivity index (χ4v) is 3.36. The molecule has 0 bridgehead atoms. The molecule has 0 atom stereocenters. The van der Waals surface area contributed by atoms with Gasteiger partial charge in [-0.1, -0.05) is 45.9 Å². The van der Waals surface area contributed by atoms with E-state index in [0.717, 1.165) is 5.56 Å². The lowest BCUT2D eigenvalue weighted by Crippen LogP contribution is -2.40. The van der Waals surface area contributed by atoms with Crippen molar-refractivity contribution in [2.24, 2.45) is 10.8 Å². The molecule has 0 aromatic heterocycles. The van der Waals surface area contributed by atoms with Gasteiger partial charge < -0.3 is 15.5 Å². The molecule has 0 saturated heterocycles. The summed E-state index contributed by atoms with van der Waals surface area (Å²) in [7, 11) is 0. The number of hydrogen-bond donors (Lipinski definition) is 4. The second kappa shape index (κ2) is 9.12. The van der Waals surface area contributed by atoms with Crippen molar-refractivity contribution in [2.45, 2.75) is 60.3 Å². The van der Waals surface area contributed by atoms with Crippen LogP contribution in [0.2, 0.25) is 0 Å². The van der Waals surface area contributed by atoms with Crippen LogP contribution >= 0.6 is 0 Å². The van der Waals surface area contributed by atoms with Crippen molar-refractivity contribution in [1.82, 2.24) is 5.32 Å². The van der Waals surface area contributed by atoms with Gasteiger partial charge in [-0.25, -0.2) is 4.89 Å². The van der Waals surface area contributed by atoms with Crippen LogP contribution in [0.15, 0.2) is 18.2 Å². The third-order valence-electron chi connectivity index (χ3n) is 4.14. The topological polar surface area (TPSA) is 116 Å². The number of amides is 1. The van der Waals surface area contributed by atoms with Crippen LogP contribution in [0.5, 0.6) is 0 Å². The van der Waals surface area contributed by atoms with E-state index in [-0.39, 0.29) is 32.1 Å². The maximum atomic E-state index is 12.6. The summed E-state index contributed by atoms with van der Waals surface area (Å²) in [6.45, 7) is 7.35. The SMILES string of the molecule is CC(C)(CC(=O)O)CC(C)(C)C(=O)NCc1cc(CO)cc(COO)c1. The van der Waals surface area contributed by atoms with Crippen LogP contribution < -0.4 is 5.32 Å². The zero-order valence-corrected chi connectivity index (χ0v) is 15.8. The number of carboxylic acids is 1. The van der Waals surface area contributed by atoms with Crippen molar-refractivity contribution >= 4 is 11.9 Å². The van der Waals surface area contributed by atoms with E-state index in [2.05, 4.69) is 10.2 Å². The molecule has 146 valence electrons. The maximum Gasteiger partial charge on any atom is 0.303 e. The lowest BCUT2D eigenvalue weighted by molar-refractivity contribution is -0.253. The Bertz CT molecular complexity index is 639. The second-order valence-corrected chi connectivity index (χ2v) is 8.07. The number of rotatable bonds is 10. The van der Waals surface area contributed by atoms with Crippen molar-refractivity contribution in [3.05, 3.63) is 34.9 Å². The van der Waals surface area contributed by atoms with Crippen molar-refractivity contribution in [2.75, 3.05) is 0 Å². The average Bonchev–Trinajstić information content (AvgIpc) is 2.50. The third kappa shape index (κ3) is 7.11. The Hall–Kier alpha value is -1.96. The Morgan fingerprint density at radius 1 is 1.08 bits per heavy atom. The lowest BCUT2D eigenvalue weighted by atomic mass is 9.73. The second-order valence-electron chi connectivity index (χ2n) is 8.07. The first-order chi connectivity index (χ1) is 12.0. The van der Waals surface area contributed by atoms with Crippen LogP contribution in [0, 0.1) is 10.8 Å². The summed E-state index contributed by atoms with van der Waals surface area (Å²) in [5, 5.41) is 29.8. The molecule has 0 aliphatic rings. The highest BCUT2D eigenvalue weighted by Gasteiger charge is 2.35. The third-order valence-corrected chi connectivity index (χ3v) is 4.14. The first-order valence-corrected chi connectivity index (χ1v) is 8.48. The Kier molecular flexibility index (Phi) is 7.74. The molecule has 0 unspecified atom stereocenters. The molecule has 7 nitrogen and oxygen atoms in total. The number of hydrogen-bond acceptors (Lipinski definition) is 5. The molecule has 0 aliphatic heterocycles. The minimum Gasteiger partial charge on any atom is -0.481 e. The molecule has 0 spiro atoms. The standard InChI is InChI=1S/C19H29NO6/c1-18(2,8-16(22)23)12-19(3,4)17(24)20-9-13-5-14(10-21)7-15(6-13)11-26-25/h5-7,21,25H,8-12H2,1-4H3,(H,20,24)(H,22,23). The lowest BCUT2D eigenvalue weighted by Gasteiger charge is -2.33. The molecule has 0 aliphatic carbocycles. The largest absolute Gasteiger partial charge is 0.481 e. The quantitative estimate of drug-likeness (QED) is 0.373. The van der Waals surface area contributed by atoms with E-state index in [9.17, 15) is 14.7 Å². The van der Waals surface area contributed by atoms with E-state index < -0.39 is 16.8 Å². The normalized spacial score (nSPS) is 12.1. The van der Waals surface area contributed by atoms with E-state index in [1.165, 1.54) is 0 Å². The van der Waals surface area contributed by atoms with Crippen LogP contribution in [0.3, 0.4) is 0 Å². The Morgan fingerprint density at radius 3 is 2.19 bits per heavy atom. The van der Waals surface area contributed by atoms with Gasteiger partial charge in [-0.2, -0.15) is 0 Å². The molecule has 0 saturated carbocycles. The van der Waals surface area contributed by atoms with E-state index >= 15 is 0 Å². The van der Waals surface area contributed by atoms with Crippen molar-refractivity contribution < 1.29 is 29.9 Å². The van der Waals surface area contributed by atoms with E-state index in [1.54, 1.807) is 32.0 Å². The zero-order chi connectivity index (χ0) is 20.0. The summed E-state index contributed by atoms with van der Waals surface area (Å²) in [6.07, 6.45) is 0.422. The van der Waals surface area contributed by atoms with E-state index in [0.29, 0.717) is 17.5 Å². The molecule has 1 aromatic rings. The Labute approximate surface area is 153 Å². The number of aliphatic hydroxyl groups is 1. The van der Waals surface area contributed by atoms with Gasteiger partial charge in [-0.05, 0) is 28.5 Å². The summed E-state index contributed by atoms with van der Waals surface area (Å²) in [5.74, 6) is -1.06. The minimum absolute atomic E-state index is 0.00717. The summed E-state index contributed by atoms with van der Waals surface area (Å²) in [5.41, 5.74) is 0.882. The van der Waals surface area contributed by atoms with Crippen molar-refractivity contribution in [3.8, 4) is 0 Å². The molecule has 7 heteroatoms. The van der Waals surface area contributed by atoms with Crippen LogP contribution in [-0.4, -0.2) is 27.3 Å². The number of aliphatic hydroxyl groups excluding tert-OH is 1. The monoisotopic (exact) mass is 367 g/mol. The molecule has 26 heavy (non-hydrogen) atoms. The van der Waals surface area contributed by atoms with E-state index in [4.69, 9.17) is 10.4 Å². The molecule has 1 amide bonds. The highest BCUT2D eigenvalue weighted by Crippen LogP contribution is 2.36. The molecule has 0 fully saturated rings. The maximum absolute atomic E-state index is 12.6. The van der Waals surface area contributed by atoms with Gasteiger partial charge in [0.05, 0.1) is 13.0 Å². The van der Waals surface area contributed by atoms with Gasteiger partial charge in [0, 0.05) is 12.0 Å². The molecular formula is C19H29NO6. The van der Waals surface area contributed by atoms with Crippen molar-refractivity contribution in [1.29, 1.82) is 0 Å². The van der Waals surface area contributed by atoms with Gasteiger partial charge in [-0.3, -0.25) is 14.8 Å². The highest BCUT2D eigenvalue weighted by atomic mass is 17.1. The van der Waals surface area contributed by atoms with Gasteiger partial charge in [0.15, 0.2) is 0 Å². The van der Waals surface area contributed by atoms with E-state index in [1.807, 2.05) is 13.8 Å². The number of carbonyl (C=O) groups is 2. The Morgan fingerprint density at radius 2 is 1.65 bits per heavy atom. The minimum atomic E-state index is -0.884. The fraction of sp³-hybridized carbons (Fsp3) is 0.579. The number of benzene rings is 1. The van der Waals surface area contributed by atoms with Gasteiger partial charge in [0.25, 0.3) is 0 Å². The molecule has 1 aromatic carbocycles. The zero-order valence-electron chi connectivity index (χ0n) is 15.8. The molecule has 1 rings (SSSR count). The van der Waals surface area contributed by atoms with Gasteiger partial charge in [0.2, 0.25) is 5.91 Å². The molecule has 0 heterocycles. The predicted octanol–water partition coefficient (Wildman–Crippen LogP) is 2.70. The van der Waals surface area contributed by atoms with Gasteiger partial charge in [-0.15, -0.1) is 0 Å². The summed E-state index contributed by atoms with van der Waals surface area (Å²) >= 11 is 0.